The summed E-state index contributed by atoms with van der Waals surface area (Å²) in [5.41, 5.74) is 0. The Bertz CT molecular complexity index is 283. The molecule has 2 N–H and O–H groups in total. The standard InChI is InChI=1S/C14H26N2O2/c1-2-8-15-12-6-4-9-16(14(12)18)13-7-3-5-11(13)10-17/h11-13,15,17H,2-10H2,1H3. The first kappa shape index (κ1) is 13.8. The van der Waals surface area contributed by atoms with Crippen LogP contribution in [0.15, 0.2) is 0 Å². The molecule has 18 heavy (non-hydrogen) atoms. The van der Waals surface area contributed by atoms with Crippen LogP contribution in [0.5, 0.6) is 0 Å². The van der Waals surface area contributed by atoms with E-state index in [1.165, 1.54) is 0 Å². The Morgan fingerprint density at radius 2 is 2.17 bits per heavy atom. The third kappa shape index (κ3) is 2.86. The minimum atomic E-state index is 0.0126. The fraction of sp³-hybridized carbons (Fsp3) is 0.929. The molecule has 4 nitrogen and oxygen atoms in total. The summed E-state index contributed by atoms with van der Waals surface area (Å²) in [5, 5.41) is 12.8. The molecule has 1 saturated heterocycles. The zero-order valence-corrected chi connectivity index (χ0v) is 11.4. The van der Waals surface area contributed by atoms with Crippen LogP contribution in [0.4, 0.5) is 0 Å². The van der Waals surface area contributed by atoms with Crippen molar-refractivity contribution in [3.05, 3.63) is 0 Å². The Morgan fingerprint density at radius 1 is 1.33 bits per heavy atom. The van der Waals surface area contributed by atoms with Crippen LogP contribution in [-0.4, -0.2) is 47.7 Å². The van der Waals surface area contributed by atoms with Crippen molar-refractivity contribution < 1.29 is 9.90 Å². The number of carbonyl (C=O) groups is 1. The van der Waals surface area contributed by atoms with Crippen molar-refractivity contribution in [2.75, 3.05) is 19.7 Å². The molecule has 2 rings (SSSR count). The lowest BCUT2D eigenvalue weighted by Crippen LogP contribution is -2.55. The van der Waals surface area contributed by atoms with E-state index in [0.29, 0.717) is 5.92 Å². The summed E-state index contributed by atoms with van der Waals surface area (Å²) in [7, 11) is 0. The highest BCUT2D eigenvalue weighted by Gasteiger charge is 2.38. The number of hydrogen-bond acceptors (Lipinski definition) is 3. The Hall–Kier alpha value is -0.610. The third-order valence-corrected chi connectivity index (χ3v) is 4.37. The Morgan fingerprint density at radius 3 is 2.89 bits per heavy atom. The molecule has 0 aromatic rings. The molecule has 1 heterocycles. The van der Waals surface area contributed by atoms with Crippen LogP contribution < -0.4 is 5.32 Å². The van der Waals surface area contributed by atoms with Crippen molar-refractivity contribution in [3.8, 4) is 0 Å². The van der Waals surface area contributed by atoms with Crippen molar-refractivity contribution in [2.45, 2.75) is 57.5 Å². The molecule has 2 aliphatic rings. The number of aliphatic hydroxyl groups excluding tert-OH is 1. The van der Waals surface area contributed by atoms with E-state index in [1.54, 1.807) is 0 Å². The number of likely N-dealkylation sites (tertiary alicyclic amines) is 1. The van der Waals surface area contributed by atoms with Crippen molar-refractivity contribution in [3.63, 3.8) is 0 Å². The summed E-state index contributed by atoms with van der Waals surface area (Å²) in [6.07, 6.45) is 6.39. The lowest BCUT2D eigenvalue weighted by molar-refractivity contribution is -0.139. The van der Waals surface area contributed by atoms with Crippen LogP contribution in [0.2, 0.25) is 0 Å². The van der Waals surface area contributed by atoms with Gasteiger partial charge >= 0.3 is 0 Å². The van der Waals surface area contributed by atoms with Crippen LogP contribution in [0, 0.1) is 5.92 Å². The largest absolute Gasteiger partial charge is 0.396 e. The van der Waals surface area contributed by atoms with Crippen molar-refractivity contribution >= 4 is 5.91 Å². The first-order chi connectivity index (χ1) is 8.77. The van der Waals surface area contributed by atoms with Crippen LogP contribution in [0.3, 0.4) is 0 Å². The Kier molecular flexibility index (Phi) is 5.01. The fourth-order valence-corrected chi connectivity index (χ4v) is 3.38. The van der Waals surface area contributed by atoms with E-state index in [1.807, 2.05) is 4.90 Å². The summed E-state index contributed by atoms with van der Waals surface area (Å²) in [6.45, 7) is 4.14. The van der Waals surface area contributed by atoms with Crippen LogP contribution >= 0.6 is 0 Å². The molecule has 0 radical (unpaired) electrons. The summed E-state index contributed by atoms with van der Waals surface area (Å²) < 4.78 is 0. The number of piperidine rings is 1. The van der Waals surface area contributed by atoms with Crippen molar-refractivity contribution in [1.82, 2.24) is 10.2 Å². The number of rotatable bonds is 5. The van der Waals surface area contributed by atoms with Gasteiger partial charge in [0.05, 0.1) is 6.04 Å². The zero-order valence-electron chi connectivity index (χ0n) is 11.4. The molecule has 0 spiro atoms. The molecule has 1 aliphatic heterocycles. The minimum absolute atomic E-state index is 0.0126. The fourth-order valence-electron chi connectivity index (χ4n) is 3.38. The van der Waals surface area contributed by atoms with Gasteiger partial charge in [0.25, 0.3) is 0 Å². The van der Waals surface area contributed by atoms with Gasteiger partial charge in [0.2, 0.25) is 5.91 Å². The van der Waals surface area contributed by atoms with E-state index in [4.69, 9.17) is 0 Å². The first-order valence-corrected chi connectivity index (χ1v) is 7.42. The number of aliphatic hydroxyl groups is 1. The van der Waals surface area contributed by atoms with Crippen molar-refractivity contribution in [2.24, 2.45) is 5.92 Å². The van der Waals surface area contributed by atoms with Crippen molar-refractivity contribution in [1.29, 1.82) is 0 Å². The molecule has 2 fully saturated rings. The molecule has 3 atom stereocenters. The number of carbonyl (C=O) groups excluding carboxylic acids is 1. The molecule has 0 aromatic heterocycles. The van der Waals surface area contributed by atoms with Gasteiger partial charge in [-0.1, -0.05) is 13.3 Å². The maximum absolute atomic E-state index is 12.5. The lowest BCUT2D eigenvalue weighted by atomic mass is 9.97. The van der Waals surface area contributed by atoms with Gasteiger partial charge < -0.3 is 15.3 Å². The van der Waals surface area contributed by atoms with Gasteiger partial charge in [-0.15, -0.1) is 0 Å². The van der Waals surface area contributed by atoms with Gasteiger partial charge in [-0.2, -0.15) is 0 Å². The van der Waals surface area contributed by atoms with Gasteiger partial charge in [0.15, 0.2) is 0 Å². The number of amides is 1. The van der Waals surface area contributed by atoms with Crippen LogP contribution in [0.1, 0.15) is 45.4 Å². The average molecular weight is 254 g/mol. The first-order valence-electron chi connectivity index (χ1n) is 7.42. The molecular formula is C14H26N2O2. The highest BCUT2D eigenvalue weighted by molar-refractivity contribution is 5.83. The summed E-state index contributed by atoms with van der Waals surface area (Å²) in [6, 6.07) is 0.298. The Balaban J connectivity index is 1.97. The summed E-state index contributed by atoms with van der Waals surface area (Å²) in [4.78, 5) is 14.5. The quantitative estimate of drug-likeness (QED) is 0.773. The van der Waals surface area contributed by atoms with E-state index in [0.717, 1.165) is 51.6 Å². The maximum atomic E-state index is 12.5. The second kappa shape index (κ2) is 6.53. The van der Waals surface area contributed by atoms with Gasteiger partial charge in [-0.05, 0) is 38.6 Å². The predicted molar refractivity (Wildman–Crippen MR) is 71.2 cm³/mol. The molecule has 3 unspecified atom stereocenters. The average Bonchev–Trinajstić information content (AvgIpc) is 2.85. The molecular weight excluding hydrogens is 228 g/mol. The summed E-state index contributed by atoms with van der Waals surface area (Å²) in [5.74, 6) is 0.568. The predicted octanol–water partition coefficient (Wildman–Crippen LogP) is 1.14. The van der Waals surface area contributed by atoms with Gasteiger partial charge in [0, 0.05) is 25.1 Å². The number of nitrogens with zero attached hydrogens (tertiary/aromatic N) is 1. The monoisotopic (exact) mass is 254 g/mol. The topological polar surface area (TPSA) is 52.6 Å². The van der Waals surface area contributed by atoms with Crippen LogP contribution in [-0.2, 0) is 4.79 Å². The van der Waals surface area contributed by atoms with Crippen LogP contribution in [0.25, 0.3) is 0 Å². The van der Waals surface area contributed by atoms with E-state index in [2.05, 4.69) is 12.2 Å². The third-order valence-electron chi connectivity index (χ3n) is 4.37. The smallest absolute Gasteiger partial charge is 0.239 e. The van der Waals surface area contributed by atoms with E-state index >= 15 is 0 Å². The maximum Gasteiger partial charge on any atom is 0.239 e. The molecule has 104 valence electrons. The van der Waals surface area contributed by atoms with Gasteiger partial charge in [0.1, 0.15) is 0 Å². The zero-order chi connectivity index (χ0) is 13.0. The van der Waals surface area contributed by atoms with Gasteiger partial charge in [-0.25, -0.2) is 0 Å². The molecule has 4 heteroatoms. The molecule has 1 amide bonds. The SMILES string of the molecule is CCCNC1CCCN(C2CCCC2CO)C1=O. The Labute approximate surface area is 110 Å². The minimum Gasteiger partial charge on any atom is -0.396 e. The lowest BCUT2D eigenvalue weighted by Gasteiger charge is -2.39. The van der Waals surface area contributed by atoms with Gasteiger partial charge in [-0.3, -0.25) is 4.79 Å². The molecule has 0 bridgehead atoms. The van der Waals surface area contributed by atoms with E-state index in [-0.39, 0.29) is 24.6 Å². The van der Waals surface area contributed by atoms with E-state index < -0.39 is 0 Å². The second-order valence-electron chi connectivity index (χ2n) is 5.62. The second-order valence-corrected chi connectivity index (χ2v) is 5.62. The summed E-state index contributed by atoms with van der Waals surface area (Å²) >= 11 is 0. The number of nitrogens with one attached hydrogen (secondary N) is 1. The molecule has 1 saturated carbocycles. The molecule has 1 aliphatic carbocycles. The normalized spacial score (nSPS) is 33.1. The molecule has 0 aromatic carbocycles. The number of hydrogen-bond donors (Lipinski definition) is 2. The highest BCUT2D eigenvalue weighted by atomic mass is 16.3. The highest BCUT2D eigenvalue weighted by Crippen LogP contribution is 2.31. The van der Waals surface area contributed by atoms with E-state index in [9.17, 15) is 9.90 Å².